The van der Waals surface area contributed by atoms with Crippen LogP contribution in [0.4, 0.5) is 5.95 Å². The molecule has 2 N–H and O–H groups in total. The lowest BCUT2D eigenvalue weighted by Gasteiger charge is -2.24. The maximum atomic E-state index is 12.8. The third kappa shape index (κ3) is 6.11. The number of hydrogen-bond acceptors (Lipinski definition) is 13. The molecule has 3 aromatic rings. The van der Waals surface area contributed by atoms with Gasteiger partial charge in [0, 0.05) is 25.2 Å². The van der Waals surface area contributed by atoms with Gasteiger partial charge in [0.15, 0.2) is 29.6 Å². The molecule has 0 bridgehead atoms. The van der Waals surface area contributed by atoms with Crippen LogP contribution in [0.1, 0.15) is 30.4 Å². The minimum Gasteiger partial charge on any atom is -0.456 e. The molecule has 0 radical (unpaired) electrons. The van der Waals surface area contributed by atoms with Gasteiger partial charge < -0.3 is 23.3 Å². The number of aromatic amines is 1. The van der Waals surface area contributed by atoms with Crippen LogP contribution >= 0.6 is 17.1 Å². The number of aromatic nitrogens is 4. The summed E-state index contributed by atoms with van der Waals surface area (Å²) in [6.07, 6.45) is -3.01. The Balaban J connectivity index is 1.49. The Morgan fingerprint density at radius 1 is 1.20 bits per heavy atom. The number of anilines is 1. The van der Waals surface area contributed by atoms with Crippen LogP contribution in [0.5, 0.6) is 0 Å². The number of H-pyrrole nitrogens is 1. The van der Waals surface area contributed by atoms with E-state index in [1.807, 2.05) is 0 Å². The molecule has 14 nitrogen and oxygen atoms in total. The number of carbonyl (C=O) groups excluding carboxylic acids is 3. The highest BCUT2D eigenvalue weighted by Crippen LogP contribution is 2.64. The molecule has 4 heterocycles. The number of nitrogens with zero attached hydrogens (tertiary/aromatic N) is 3. The van der Waals surface area contributed by atoms with E-state index in [0.29, 0.717) is 17.9 Å². The van der Waals surface area contributed by atoms with E-state index in [-0.39, 0.29) is 23.7 Å². The number of hydrogen-bond donors (Lipinski definition) is 2. The zero-order valence-corrected chi connectivity index (χ0v) is 23.7. The number of rotatable bonds is 8. The van der Waals surface area contributed by atoms with Crippen LogP contribution in [0, 0.1) is 0 Å². The van der Waals surface area contributed by atoms with Gasteiger partial charge in [-0.2, -0.15) is 4.98 Å². The first-order valence-electron chi connectivity index (χ1n) is 12.0. The van der Waals surface area contributed by atoms with E-state index >= 15 is 0 Å². The zero-order valence-electron chi connectivity index (χ0n) is 21.2. The maximum absolute atomic E-state index is 12.8. The Morgan fingerprint density at radius 2 is 1.93 bits per heavy atom. The molecule has 5 rings (SSSR count). The molecule has 2 aliphatic heterocycles. The highest BCUT2D eigenvalue weighted by molar-refractivity contribution is 8.68. The molecule has 2 aliphatic rings. The minimum atomic E-state index is -2.60. The van der Waals surface area contributed by atoms with Gasteiger partial charge in [-0.1, -0.05) is 29.6 Å². The topological polar surface area (TPSA) is 173 Å². The molecule has 5 atom stereocenters. The van der Waals surface area contributed by atoms with Crippen molar-refractivity contribution in [2.45, 2.75) is 38.4 Å². The van der Waals surface area contributed by atoms with Crippen LogP contribution in [0.25, 0.3) is 11.2 Å². The van der Waals surface area contributed by atoms with Crippen molar-refractivity contribution in [1.29, 1.82) is 0 Å². The van der Waals surface area contributed by atoms with Crippen molar-refractivity contribution >= 4 is 63.8 Å². The van der Waals surface area contributed by atoms with E-state index in [4.69, 9.17) is 35.1 Å². The van der Waals surface area contributed by atoms with Crippen molar-refractivity contribution in [2.75, 3.05) is 24.3 Å². The maximum Gasteiger partial charge on any atom is 0.303 e. The fourth-order valence-corrected chi connectivity index (χ4v) is 8.43. The summed E-state index contributed by atoms with van der Waals surface area (Å²) < 4.78 is 30.1. The van der Waals surface area contributed by atoms with E-state index in [2.05, 4.69) is 20.3 Å². The quantitative estimate of drug-likeness (QED) is 0.281. The summed E-state index contributed by atoms with van der Waals surface area (Å²) in [6, 6.07) is 8.37. The molecule has 2 fully saturated rings. The van der Waals surface area contributed by atoms with Gasteiger partial charge in [0.2, 0.25) is 11.6 Å². The van der Waals surface area contributed by atoms with Gasteiger partial charge in [-0.15, -0.1) is 0 Å². The number of esters is 2. The van der Waals surface area contributed by atoms with Crippen LogP contribution in [0.15, 0.2) is 41.5 Å². The van der Waals surface area contributed by atoms with Crippen LogP contribution in [0.3, 0.4) is 0 Å². The van der Waals surface area contributed by atoms with E-state index in [9.17, 15) is 19.2 Å². The number of fused-ring (bicyclic) bond motifs is 1. The normalized spacial score (nSPS) is 26.1. The zero-order chi connectivity index (χ0) is 28.4. The smallest absolute Gasteiger partial charge is 0.303 e. The lowest BCUT2D eigenvalue weighted by atomic mass is 10.1. The third-order valence-corrected chi connectivity index (χ3v) is 11.2. The standard InChI is InChI=1S/C23H24N5O9PS2/c1-12(29)35-17-15(10-34-38(39)33-8-9-40-38)37-22(18(17)36-13(2)30)28-11-24-16-19(28)25-23(27-21(16)32)26-20(31)14-6-4-3-5-7-14/h3-7,11,15,17-18,22H,8-10H2,1-2H3,(H2,25,26,27,31,32)/t15-,17-,18-,22-,38?/m1/s1. The number of nitrogens with one attached hydrogen (secondary N) is 2. The van der Waals surface area contributed by atoms with E-state index in [1.54, 1.807) is 30.3 Å². The summed E-state index contributed by atoms with van der Waals surface area (Å²) in [6.45, 7) is 2.76. The predicted molar refractivity (Wildman–Crippen MR) is 146 cm³/mol. The summed E-state index contributed by atoms with van der Waals surface area (Å²) in [4.78, 5) is 60.5. The van der Waals surface area contributed by atoms with Gasteiger partial charge in [0.1, 0.15) is 6.10 Å². The second kappa shape index (κ2) is 11.8. The molecule has 1 amide bonds. The highest BCUT2D eigenvalue weighted by atomic mass is 32.9. The van der Waals surface area contributed by atoms with Crippen LogP contribution in [-0.2, 0) is 44.7 Å². The summed E-state index contributed by atoms with van der Waals surface area (Å²) >= 11 is 6.88. The van der Waals surface area contributed by atoms with Gasteiger partial charge in [-0.25, -0.2) is 4.98 Å². The Bertz CT molecular complexity index is 1540. The molecule has 2 saturated heterocycles. The summed E-state index contributed by atoms with van der Waals surface area (Å²) in [5, 5.41) is 2.56. The molecule has 17 heteroatoms. The van der Waals surface area contributed by atoms with Gasteiger partial charge in [0.25, 0.3) is 11.5 Å². The molecule has 2 aromatic heterocycles. The monoisotopic (exact) mass is 609 g/mol. The molecular formula is C23H24N5O9PS2. The van der Waals surface area contributed by atoms with Crippen molar-refractivity contribution in [2.24, 2.45) is 0 Å². The Hall–Kier alpha value is -3.14. The number of imidazole rings is 1. The molecule has 40 heavy (non-hydrogen) atoms. The Kier molecular flexibility index (Phi) is 8.35. The Morgan fingerprint density at radius 3 is 2.60 bits per heavy atom. The third-order valence-electron chi connectivity index (χ3n) is 5.84. The van der Waals surface area contributed by atoms with Gasteiger partial charge in [0.05, 0.1) is 19.5 Å². The molecule has 0 spiro atoms. The second-order valence-electron chi connectivity index (χ2n) is 8.68. The van der Waals surface area contributed by atoms with Crippen molar-refractivity contribution in [3.63, 3.8) is 0 Å². The number of amides is 1. The van der Waals surface area contributed by atoms with E-state index < -0.39 is 53.6 Å². The Labute approximate surface area is 236 Å². The average Bonchev–Trinajstić information content (AvgIpc) is 3.61. The van der Waals surface area contributed by atoms with E-state index in [0.717, 1.165) is 0 Å². The van der Waals surface area contributed by atoms with Crippen LogP contribution in [0.2, 0.25) is 0 Å². The molecule has 1 unspecified atom stereocenters. The molecule has 0 aliphatic carbocycles. The van der Waals surface area contributed by atoms with Crippen molar-refractivity contribution in [1.82, 2.24) is 19.5 Å². The fraction of sp³-hybridized carbons (Fsp3) is 0.391. The minimum absolute atomic E-state index is 0.0272. The highest BCUT2D eigenvalue weighted by Gasteiger charge is 2.51. The van der Waals surface area contributed by atoms with Crippen molar-refractivity contribution in [3.05, 3.63) is 52.6 Å². The molecule has 1 aromatic carbocycles. The van der Waals surface area contributed by atoms with Crippen molar-refractivity contribution < 1.29 is 37.6 Å². The van der Waals surface area contributed by atoms with Gasteiger partial charge in [-0.3, -0.25) is 34.0 Å². The second-order valence-corrected chi connectivity index (χ2v) is 15.1. The number of carbonyl (C=O) groups is 3. The van der Waals surface area contributed by atoms with Crippen LogP contribution < -0.4 is 10.9 Å². The first-order valence-corrected chi connectivity index (χ1v) is 16.2. The summed E-state index contributed by atoms with van der Waals surface area (Å²) in [7, 11) is 0. The SMILES string of the molecule is CC(=O)O[C@@H]1[C@H](OC(C)=O)[C@@H](COP2(=S)OCCS2)O[C@H]1n1cnc2c(=O)[nH]c(NC(=O)c3ccccc3)nc21. The van der Waals surface area contributed by atoms with E-state index in [1.165, 1.54) is 36.1 Å². The lowest BCUT2D eigenvalue weighted by molar-refractivity contribution is -0.165. The largest absolute Gasteiger partial charge is 0.456 e. The number of benzene rings is 1. The van der Waals surface area contributed by atoms with Crippen LogP contribution in [-0.4, -0.2) is 74.6 Å². The number of ether oxygens (including phenoxy) is 3. The predicted octanol–water partition coefficient (Wildman–Crippen LogP) is 2.14. The summed E-state index contributed by atoms with van der Waals surface area (Å²) in [5.41, 5.74) is -2.90. The molecular weight excluding hydrogens is 585 g/mol. The lowest BCUT2D eigenvalue weighted by Crippen LogP contribution is -2.40. The molecule has 212 valence electrons. The average molecular weight is 610 g/mol. The summed E-state index contributed by atoms with van der Waals surface area (Å²) in [5.74, 6) is -1.24. The first kappa shape index (κ1) is 28.4. The molecule has 0 saturated carbocycles. The van der Waals surface area contributed by atoms with Gasteiger partial charge >= 0.3 is 11.9 Å². The fourth-order valence-electron chi connectivity index (χ4n) is 4.23. The first-order chi connectivity index (χ1) is 19.1. The van der Waals surface area contributed by atoms with Gasteiger partial charge in [-0.05, 0) is 23.9 Å². The van der Waals surface area contributed by atoms with Crippen molar-refractivity contribution in [3.8, 4) is 0 Å².